The Balaban J connectivity index is 5.60. The third kappa shape index (κ3) is 12.3. The van der Waals surface area contributed by atoms with E-state index in [0.717, 1.165) is 0 Å². The minimum atomic E-state index is -1.76. The van der Waals surface area contributed by atoms with Crippen molar-refractivity contribution in [2.45, 2.75) is 70.1 Å². The van der Waals surface area contributed by atoms with Crippen molar-refractivity contribution in [3.63, 3.8) is 0 Å². The SMILES string of the molecule is CC(C)CC(NC(=O)C(CCC(=O)O)NC(=O)C(N)CC(N)=O)C(=O)NC(CC(=O)O)C(=O)O. The second kappa shape index (κ2) is 14.4. The van der Waals surface area contributed by atoms with Crippen molar-refractivity contribution >= 4 is 41.5 Å². The summed E-state index contributed by atoms with van der Waals surface area (Å²) < 4.78 is 0. The van der Waals surface area contributed by atoms with Gasteiger partial charge in [0.2, 0.25) is 23.6 Å². The van der Waals surface area contributed by atoms with E-state index in [4.69, 9.17) is 26.8 Å². The molecule has 0 heterocycles. The topological polar surface area (TPSA) is 268 Å². The summed E-state index contributed by atoms with van der Waals surface area (Å²) >= 11 is 0. The summed E-state index contributed by atoms with van der Waals surface area (Å²) in [4.78, 5) is 81.6. The zero-order chi connectivity index (χ0) is 26.6. The van der Waals surface area contributed by atoms with Gasteiger partial charge < -0.3 is 42.7 Å². The van der Waals surface area contributed by atoms with Gasteiger partial charge in [0.05, 0.1) is 18.9 Å². The van der Waals surface area contributed by atoms with Crippen molar-refractivity contribution in [3.8, 4) is 0 Å². The summed E-state index contributed by atoms with van der Waals surface area (Å²) in [6.45, 7) is 3.40. The molecule has 0 radical (unpaired) electrons. The number of hydrogen-bond donors (Lipinski definition) is 8. The highest BCUT2D eigenvalue weighted by molar-refractivity contribution is 5.95. The van der Waals surface area contributed by atoms with Crippen LogP contribution >= 0.6 is 0 Å². The molecule has 10 N–H and O–H groups in total. The standard InChI is InChI=1S/C19H31N5O10/c1-8(2)5-11(18(32)24-12(19(33)34)7-15(28)29)23-17(31)10(3-4-14(26)27)22-16(30)9(20)6-13(21)25/h8-12H,3-7,20H2,1-2H3,(H2,21,25)(H,22,30)(H,23,31)(H,24,32)(H,26,27)(H,28,29)(H,33,34). The first-order chi connectivity index (χ1) is 15.6. The van der Waals surface area contributed by atoms with Crippen LogP contribution in [0.3, 0.4) is 0 Å². The number of nitrogens with one attached hydrogen (secondary N) is 3. The maximum atomic E-state index is 12.8. The quantitative estimate of drug-likeness (QED) is 0.109. The van der Waals surface area contributed by atoms with Crippen molar-refractivity contribution < 1.29 is 48.9 Å². The average Bonchev–Trinajstić information content (AvgIpc) is 2.68. The van der Waals surface area contributed by atoms with E-state index in [-0.39, 0.29) is 18.8 Å². The van der Waals surface area contributed by atoms with Gasteiger partial charge in [-0.25, -0.2) is 4.79 Å². The highest BCUT2D eigenvalue weighted by Gasteiger charge is 2.31. The molecule has 0 spiro atoms. The first-order valence-corrected chi connectivity index (χ1v) is 10.2. The second-order valence-corrected chi connectivity index (χ2v) is 7.96. The lowest BCUT2D eigenvalue weighted by Crippen LogP contribution is -2.57. The van der Waals surface area contributed by atoms with Gasteiger partial charge in [0.15, 0.2) is 0 Å². The zero-order valence-corrected chi connectivity index (χ0v) is 18.8. The van der Waals surface area contributed by atoms with Gasteiger partial charge in [-0.2, -0.15) is 0 Å². The molecule has 0 aromatic heterocycles. The van der Waals surface area contributed by atoms with Crippen LogP contribution < -0.4 is 27.4 Å². The maximum absolute atomic E-state index is 12.8. The number of nitrogens with two attached hydrogens (primary N) is 2. The Morgan fingerprint density at radius 3 is 1.68 bits per heavy atom. The van der Waals surface area contributed by atoms with Gasteiger partial charge in [-0.15, -0.1) is 0 Å². The molecule has 34 heavy (non-hydrogen) atoms. The first kappa shape index (κ1) is 30.2. The molecule has 0 saturated carbocycles. The minimum Gasteiger partial charge on any atom is -0.481 e. The summed E-state index contributed by atoms with van der Waals surface area (Å²) in [5.74, 6) is -8.31. The van der Waals surface area contributed by atoms with Gasteiger partial charge in [0.1, 0.15) is 18.1 Å². The van der Waals surface area contributed by atoms with Crippen molar-refractivity contribution in [1.29, 1.82) is 0 Å². The molecule has 0 saturated heterocycles. The molecule has 0 fully saturated rings. The molecule has 0 bridgehead atoms. The Labute approximate surface area is 194 Å². The van der Waals surface area contributed by atoms with Crippen LogP contribution in [0.1, 0.15) is 46.0 Å². The van der Waals surface area contributed by atoms with Crippen LogP contribution in [0.15, 0.2) is 0 Å². The normalized spacial score (nSPS) is 14.2. The third-order valence-corrected chi connectivity index (χ3v) is 4.37. The molecule has 15 nitrogen and oxygen atoms in total. The van der Waals surface area contributed by atoms with Crippen molar-refractivity contribution in [1.82, 2.24) is 16.0 Å². The Hall–Kier alpha value is -3.75. The molecular weight excluding hydrogens is 458 g/mol. The van der Waals surface area contributed by atoms with Gasteiger partial charge in [0.25, 0.3) is 0 Å². The lowest BCUT2D eigenvalue weighted by molar-refractivity contribution is -0.147. The van der Waals surface area contributed by atoms with Crippen LogP contribution in [-0.2, 0) is 33.6 Å². The summed E-state index contributed by atoms with van der Waals surface area (Å²) in [6, 6.07) is -5.95. The van der Waals surface area contributed by atoms with Crippen LogP contribution in [-0.4, -0.2) is 81.0 Å². The molecule has 4 unspecified atom stereocenters. The largest absolute Gasteiger partial charge is 0.481 e. The summed E-state index contributed by atoms with van der Waals surface area (Å²) in [7, 11) is 0. The number of aliphatic carboxylic acids is 3. The Bertz CT molecular complexity index is 800. The molecule has 0 aliphatic carbocycles. The predicted molar refractivity (Wildman–Crippen MR) is 114 cm³/mol. The number of carbonyl (C=O) groups is 7. The number of carbonyl (C=O) groups excluding carboxylic acids is 4. The fourth-order valence-corrected chi connectivity index (χ4v) is 2.75. The highest BCUT2D eigenvalue weighted by Crippen LogP contribution is 2.08. The van der Waals surface area contributed by atoms with E-state index in [1.807, 2.05) is 5.32 Å². The number of amides is 4. The minimum absolute atomic E-state index is 0.0117. The average molecular weight is 489 g/mol. The van der Waals surface area contributed by atoms with Crippen LogP contribution in [0.25, 0.3) is 0 Å². The van der Waals surface area contributed by atoms with Crippen LogP contribution in [0, 0.1) is 5.92 Å². The molecular formula is C19H31N5O10. The number of carboxylic acids is 3. The van der Waals surface area contributed by atoms with Gasteiger partial charge in [0, 0.05) is 6.42 Å². The van der Waals surface area contributed by atoms with E-state index >= 15 is 0 Å². The van der Waals surface area contributed by atoms with E-state index in [9.17, 15) is 33.6 Å². The lowest BCUT2D eigenvalue weighted by atomic mass is 10.0. The molecule has 192 valence electrons. The highest BCUT2D eigenvalue weighted by atomic mass is 16.4. The van der Waals surface area contributed by atoms with Gasteiger partial charge >= 0.3 is 17.9 Å². The van der Waals surface area contributed by atoms with E-state index in [2.05, 4.69) is 10.6 Å². The molecule has 15 heteroatoms. The number of rotatable bonds is 16. The van der Waals surface area contributed by atoms with Gasteiger partial charge in [-0.1, -0.05) is 13.8 Å². The van der Waals surface area contributed by atoms with Crippen LogP contribution in [0.4, 0.5) is 0 Å². The van der Waals surface area contributed by atoms with Crippen molar-refractivity contribution in [2.24, 2.45) is 17.4 Å². The summed E-state index contributed by atoms with van der Waals surface area (Å²) in [5, 5.41) is 33.4. The predicted octanol–water partition coefficient (Wildman–Crippen LogP) is -2.89. The number of primary amides is 1. The molecule has 4 atom stereocenters. The molecule has 0 aliphatic heterocycles. The maximum Gasteiger partial charge on any atom is 0.326 e. The van der Waals surface area contributed by atoms with E-state index in [1.54, 1.807) is 13.8 Å². The summed E-state index contributed by atoms with van der Waals surface area (Å²) in [5.41, 5.74) is 10.5. The van der Waals surface area contributed by atoms with Gasteiger partial charge in [-0.3, -0.25) is 28.8 Å². The zero-order valence-electron chi connectivity index (χ0n) is 18.8. The second-order valence-electron chi connectivity index (χ2n) is 7.96. The smallest absolute Gasteiger partial charge is 0.326 e. The van der Waals surface area contributed by atoms with E-state index < -0.39 is 85.0 Å². The van der Waals surface area contributed by atoms with Crippen molar-refractivity contribution in [3.05, 3.63) is 0 Å². The monoisotopic (exact) mass is 489 g/mol. The van der Waals surface area contributed by atoms with Crippen molar-refractivity contribution in [2.75, 3.05) is 0 Å². The molecule has 0 rings (SSSR count). The molecule has 4 amide bonds. The number of hydrogen-bond acceptors (Lipinski definition) is 8. The fourth-order valence-electron chi connectivity index (χ4n) is 2.75. The first-order valence-electron chi connectivity index (χ1n) is 10.2. The summed E-state index contributed by atoms with van der Waals surface area (Å²) in [6.07, 6.45) is -2.35. The Morgan fingerprint density at radius 2 is 1.24 bits per heavy atom. The van der Waals surface area contributed by atoms with E-state index in [1.165, 1.54) is 0 Å². The van der Waals surface area contributed by atoms with Crippen LogP contribution in [0.2, 0.25) is 0 Å². The molecule has 0 aromatic carbocycles. The van der Waals surface area contributed by atoms with Crippen LogP contribution in [0.5, 0.6) is 0 Å². The lowest BCUT2D eigenvalue weighted by Gasteiger charge is -2.25. The third-order valence-electron chi connectivity index (χ3n) is 4.37. The number of carboxylic acid groups (broad SMARTS) is 3. The van der Waals surface area contributed by atoms with E-state index in [0.29, 0.717) is 0 Å². The fraction of sp³-hybridized carbons (Fsp3) is 0.632. The Morgan fingerprint density at radius 1 is 0.735 bits per heavy atom. The van der Waals surface area contributed by atoms with Gasteiger partial charge in [-0.05, 0) is 18.8 Å². The molecule has 0 aliphatic rings. The Kier molecular flexibility index (Phi) is 12.8. The molecule has 0 aromatic rings.